The second kappa shape index (κ2) is 4.57. The van der Waals surface area contributed by atoms with Crippen LogP contribution in [0.25, 0.3) is 5.57 Å². The SMILES string of the molecule is CC1(C)CC=C(c2cccc(C(C)(C)C)c2)CC1. The topological polar surface area (TPSA) is 0 Å². The maximum atomic E-state index is 2.45. The van der Waals surface area contributed by atoms with Gasteiger partial charge in [-0.05, 0) is 46.8 Å². The molecule has 0 spiro atoms. The summed E-state index contributed by atoms with van der Waals surface area (Å²) in [4.78, 5) is 0. The molecule has 0 N–H and O–H groups in total. The molecule has 1 aliphatic carbocycles. The van der Waals surface area contributed by atoms with Crippen molar-refractivity contribution in [3.8, 4) is 0 Å². The van der Waals surface area contributed by atoms with Crippen LogP contribution in [0.1, 0.15) is 65.0 Å². The Morgan fingerprint density at radius 3 is 2.39 bits per heavy atom. The van der Waals surface area contributed by atoms with E-state index in [-0.39, 0.29) is 5.41 Å². The third-order valence-corrected chi connectivity index (χ3v) is 4.07. The minimum Gasteiger partial charge on any atom is -0.0802 e. The standard InChI is InChI=1S/C18H26/c1-17(2,3)16-8-6-7-15(13-16)14-9-11-18(4,5)12-10-14/h6-9,13H,10-12H2,1-5H3. The Morgan fingerprint density at radius 1 is 1.11 bits per heavy atom. The van der Waals surface area contributed by atoms with Crippen molar-refractivity contribution in [1.82, 2.24) is 0 Å². The highest BCUT2D eigenvalue weighted by atomic mass is 14.3. The summed E-state index contributed by atoms with van der Waals surface area (Å²) in [6, 6.07) is 9.09. The van der Waals surface area contributed by atoms with Gasteiger partial charge >= 0.3 is 0 Å². The van der Waals surface area contributed by atoms with Crippen molar-refractivity contribution < 1.29 is 0 Å². The van der Waals surface area contributed by atoms with E-state index in [1.165, 1.54) is 30.4 Å². The van der Waals surface area contributed by atoms with Gasteiger partial charge in [-0.3, -0.25) is 0 Å². The van der Waals surface area contributed by atoms with Crippen LogP contribution in [0.2, 0.25) is 0 Å². The van der Waals surface area contributed by atoms with Gasteiger partial charge in [0.1, 0.15) is 0 Å². The predicted molar refractivity (Wildman–Crippen MR) is 80.8 cm³/mol. The fraction of sp³-hybridized carbons (Fsp3) is 0.556. The molecule has 0 heterocycles. The van der Waals surface area contributed by atoms with Crippen LogP contribution in [0.4, 0.5) is 0 Å². The van der Waals surface area contributed by atoms with Gasteiger partial charge in [0.15, 0.2) is 0 Å². The summed E-state index contributed by atoms with van der Waals surface area (Å²) in [5.41, 5.74) is 5.14. The molecule has 1 aromatic carbocycles. The molecule has 0 heteroatoms. The zero-order chi connectivity index (χ0) is 13.4. The van der Waals surface area contributed by atoms with Crippen LogP contribution in [0.5, 0.6) is 0 Å². The first-order chi connectivity index (χ1) is 8.28. The van der Waals surface area contributed by atoms with Crippen LogP contribution >= 0.6 is 0 Å². The summed E-state index contributed by atoms with van der Waals surface area (Å²) in [5, 5.41) is 0. The molecule has 1 aromatic rings. The minimum atomic E-state index is 0.241. The summed E-state index contributed by atoms with van der Waals surface area (Å²) < 4.78 is 0. The van der Waals surface area contributed by atoms with Gasteiger partial charge in [-0.2, -0.15) is 0 Å². The predicted octanol–water partition coefficient (Wildman–Crippen LogP) is 5.58. The molecular formula is C18H26. The Morgan fingerprint density at radius 2 is 1.83 bits per heavy atom. The van der Waals surface area contributed by atoms with Gasteiger partial charge in [0.2, 0.25) is 0 Å². The normalized spacial score (nSPS) is 19.5. The minimum absolute atomic E-state index is 0.241. The van der Waals surface area contributed by atoms with E-state index in [1.54, 1.807) is 5.57 Å². The molecule has 0 amide bonds. The van der Waals surface area contributed by atoms with Gasteiger partial charge in [0.25, 0.3) is 0 Å². The molecule has 0 saturated carbocycles. The number of hydrogen-bond donors (Lipinski definition) is 0. The lowest BCUT2D eigenvalue weighted by Crippen LogP contribution is -2.15. The number of allylic oxidation sites excluding steroid dienone is 2. The van der Waals surface area contributed by atoms with Crippen molar-refractivity contribution in [3.63, 3.8) is 0 Å². The second-order valence-corrected chi connectivity index (χ2v) is 7.43. The van der Waals surface area contributed by atoms with Crippen LogP contribution in [-0.4, -0.2) is 0 Å². The fourth-order valence-electron chi connectivity index (χ4n) is 2.52. The van der Waals surface area contributed by atoms with Gasteiger partial charge < -0.3 is 0 Å². The van der Waals surface area contributed by atoms with Crippen molar-refractivity contribution in [2.75, 3.05) is 0 Å². The first-order valence-corrected chi connectivity index (χ1v) is 7.08. The molecule has 98 valence electrons. The van der Waals surface area contributed by atoms with Gasteiger partial charge in [-0.15, -0.1) is 0 Å². The van der Waals surface area contributed by atoms with Gasteiger partial charge in [-0.25, -0.2) is 0 Å². The quantitative estimate of drug-likeness (QED) is 0.603. The number of rotatable bonds is 1. The molecule has 2 rings (SSSR count). The van der Waals surface area contributed by atoms with Gasteiger partial charge in [-0.1, -0.05) is 65.0 Å². The molecule has 0 saturated heterocycles. The maximum absolute atomic E-state index is 2.45. The van der Waals surface area contributed by atoms with E-state index in [0.29, 0.717) is 5.41 Å². The Bertz CT molecular complexity index is 455. The first-order valence-electron chi connectivity index (χ1n) is 7.08. The van der Waals surface area contributed by atoms with Crippen LogP contribution in [0.3, 0.4) is 0 Å². The number of hydrogen-bond acceptors (Lipinski definition) is 0. The third-order valence-electron chi connectivity index (χ3n) is 4.07. The van der Waals surface area contributed by atoms with E-state index < -0.39 is 0 Å². The lowest BCUT2D eigenvalue weighted by Gasteiger charge is -2.29. The Kier molecular flexibility index (Phi) is 3.40. The third kappa shape index (κ3) is 3.04. The van der Waals surface area contributed by atoms with Crippen molar-refractivity contribution in [1.29, 1.82) is 0 Å². The molecule has 18 heavy (non-hydrogen) atoms. The molecule has 0 nitrogen and oxygen atoms in total. The molecular weight excluding hydrogens is 216 g/mol. The lowest BCUT2D eigenvalue weighted by molar-refractivity contribution is 0.335. The van der Waals surface area contributed by atoms with Crippen molar-refractivity contribution in [3.05, 3.63) is 41.5 Å². The van der Waals surface area contributed by atoms with Crippen molar-refractivity contribution >= 4 is 5.57 Å². The monoisotopic (exact) mass is 242 g/mol. The molecule has 0 aromatic heterocycles. The Labute approximate surface area is 112 Å². The molecule has 0 unspecified atom stereocenters. The van der Waals surface area contributed by atoms with E-state index in [4.69, 9.17) is 0 Å². The Hall–Kier alpha value is -1.04. The van der Waals surface area contributed by atoms with Crippen LogP contribution < -0.4 is 0 Å². The van der Waals surface area contributed by atoms with E-state index in [0.717, 1.165) is 0 Å². The molecule has 0 radical (unpaired) electrons. The van der Waals surface area contributed by atoms with E-state index in [2.05, 4.69) is 65.0 Å². The highest BCUT2D eigenvalue weighted by Crippen LogP contribution is 2.38. The van der Waals surface area contributed by atoms with Gasteiger partial charge in [0, 0.05) is 0 Å². The van der Waals surface area contributed by atoms with Crippen LogP contribution in [-0.2, 0) is 5.41 Å². The van der Waals surface area contributed by atoms with E-state index in [9.17, 15) is 0 Å². The molecule has 1 aliphatic rings. The van der Waals surface area contributed by atoms with Crippen molar-refractivity contribution in [2.24, 2.45) is 5.41 Å². The highest BCUT2D eigenvalue weighted by molar-refractivity contribution is 5.67. The second-order valence-electron chi connectivity index (χ2n) is 7.43. The number of benzene rings is 1. The average Bonchev–Trinajstić information content (AvgIpc) is 2.28. The highest BCUT2D eigenvalue weighted by Gasteiger charge is 2.22. The summed E-state index contributed by atoms with van der Waals surface area (Å²) in [6.07, 6.45) is 6.19. The summed E-state index contributed by atoms with van der Waals surface area (Å²) >= 11 is 0. The largest absolute Gasteiger partial charge is 0.0802 e. The van der Waals surface area contributed by atoms with Gasteiger partial charge in [0.05, 0.1) is 0 Å². The van der Waals surface area contributed by atoms with Crippen LogP contribution in [0.15, 0.2) is 30.3 Å². The maximum Gasteiger partial charge on any atom is -0.0132 e. The zero-order valence-electron chi connectivity index (χ0n) is 12.5. The summed E-state index contributed by atoms with van der Waals surface area (Å²) in [7, 11) is 0. The molecule has 0 aliphatic heterocycles. The van der Waals surface area contributed by atoms with E-state index in [1.807, 2.05) is 0 Å². The Balaban J connectivity index is 2.28. The smallest absolute Gasteiger partial charge is 0.0132 e. The van der Waals surface area contributed by atoms with Crippen molar-refractivity contribution in [2.45, 2.75) is 59.3 Å². The first kappa shape index (κ1) is 13.4. The lowest BCUT2D eigenvalue weighted by atomic mass is 9.76. The summed E-state index contributed by atoms with van der Waals surface area (Å²) in [5.74, 6) is 0. The average molecular weight is 242 g/mol. The molecule has 0 atom stereocenters. The van der Waals surface area contributed by atoms with Crippen LogP contribution in [0, 0.1) is 5.41 Å². The summed E-state index contributed by atoms with van der Waals surface area (Å²) in [6.45, 7) is 11.6. The molecule has 0 bridgehead atoms. The zero-order valence-corrected chi connectivity index (χ0v) is 12.5. The van der Waals surface area contributed by atoms with E-state index >= 15 is 0 Å². The fourth-order valence-corrected chi connectivity index (χ4v) is 2.52. The molecule has 0 fully saturated rings.